The van der Waals surface area contributed by atoms with Gasteiger partial charge in [-0.25, -0.2) is 0 Å². The quantitative estimate of drug-likeness (QED) is 0.609. The summed E-state index contributed by atoms with van der Waals surface area (Å²) in [5.41, 5.74) is 0.0116. The van der Waals surface area contributed by atoms with Crippen molar-refractivity contribution in [2.45, 2.75) is 26.4 Å². The van der Waals surface area contributed by atoms with Crippen LogP contribution in [0.3, 0.4) is 0 Å². The number of hydrogen-bond donors (Lipinski definition) is 0. The van der Waals surface area contributed by atoms with Crippen LogP contribution < -0.4 is 4.46 Å². The van der Waals surface area contributed by atoms with E-state index in [9.17, 15) is 4.79 Å². The van der Waals surface area contributed by atoms with E-state index in [-0.39, 0.29) is 20.9 Å². The number of esters is 1. The van der Waals surface area contributed by atoms with Gasteiger partial charge in [0.2, 0.25) is 0 Å². The Labute approximate surface area is 102 Å². The molecule has 0 heterocycles. The van der Waals surface area contributed by atoms with Gasteiger partial charge in [-0.1, -0.05) is 0 Å². The minimum atomic E-state index is -0.493. The van der Waals surface area contributed by atoms with Crippen molar-refractivity contribution in [1.82, 2.24) is 0 Å². The number of carbonyl (C=O) groups is 1. The number of ether oxygens (including phenoxy) is 1. The monoisotopic (exact) mass is 283 g/mol. The summed E-state index contributed by atoms with van der Waals surface area (Å²) in [5.74, 6) is -0.344. The molecule has 0 atom stereocenters. The number of rotatable bonds is 2. The first-order chi connectivity index (χ1) is 7.42. The SMILES string of the molecule is CC(C)(C)OC(=O)c1cccc([Se]C#N)c1. The molecule has 1 aromatic carbocycles. The van der Waals surface area contributed by atoms with E-state index in [1.807, 2.05) is 26.8 Å². The molecule has 84 valence electrons. The molecule has 0 fully saturated rings. The van der Waals surface area contributed by atoms with E-state index < -0.39 is 5.60 Å². The first-order valence-electron chi connectivity index (χ1n) is 4.82. The fourth-order valence-electron chi connectivity index (χ4n) is 1.08. The molecule has 0 aliphatic heterocycles. The Bertz CT molecular complexity index is 429. The zero-order chi connectivity index (χ0) is 12.2. The van der Waals surface area contributed by atoms with Crippen LogP contribution in [0.4, 0.5) is 0 Å². The van der Waals surface area contributed by atoms with E-state index in [2.05, 4.69) is 4.97 Å². The maximum atomic E-state index is 11.7. The van der Waals surface area contributed by atoms with Crippen LogP contribution >= 0.6 is 0 Å². The first kappa shape index (κ1) is 12.8. The number of nitrogens with zero attached hydrogens (tertiary/aromatic N) is 1. The second-order valence-corrected chi connectivity index (χ2v) is 6.02. The molecule has 3 nitrogen and oxygen atoms in total. The molecule has 0 unspecified atom stereocenters. The van der Waals surface area contributed by atoms with Crippen LogP contribution in [-0.4, -0.2) is 26.5 Å². The molecule has 0 N–H and O–H groups in total. The topological polar surface area (TPSA) is 50.1 Å². The van der Waals surface area contributed by atoms with E-state index in [0.29, 0.717) is 5.56 Å². The zero-order valence-electron chi connectivity index (χ0n) is 9.48. The molecule has 1 aromatic rings. The Morgan fingerprint density at radius 2 is 2.12 bits per heavy atom. The normalized spacial score (nSPS) is 10.6. The molecule has 1 rings (SSSR count). The van der Waals surface area contributed by atoms with Crippen molar-refractivity contribution in [3.8, 4) is 4.97 Å². The molecule has 0 aliphatic rings. The van der Waals surface area contributed by atoms with E-state index in [0.717, 1.165) is 4.46 Å². The average molecular weight is 282 g/mol. The third kappa shape index (κ3) is 4.06. The predicted molar refractivity (Wildman–Crippen MR) is 62.6 cm³/mol. The molecule has 0 bridgehead atoms. The van der Waals surface area contributed by atoms with Crippen molar-refractivity contribution < 1.29 is 9.53 Å². The Balaban J connectivity index is 2.84. The summed E-state index contributed by atoms with van der Waals surface area (Å²) >= 11 is -0.238. The first-order valence-corrected chi connectivity index (χ1v) is 6.53. The van der Waals surface area contributed by atoms with Gasteiger partial charge < -0.3 is 0 Å². The van der Waals surface area contributed by atoms with Gasteiger partial charge in [-0.3, -0.25) is 0 Å². The van der Waals surface area contributed by atoms with Crippen LogP contribution in [-0.2, 0) is 4.74 Å². The van der Waals surface area contributed by atoms with Crippen LogP contribution in [0.2, 0.25) is 0 Å². The van der Waals surface area contributed by atoms with Crippen molar-refractivity contribution >= 4 is 25.4 Å². The number of hydrogen-bond acceptors (Lipinski definition) is 3. The maximum absolute atomic E-state index is 11.7. The molecule has 0 saturated heterocycles. The molecule has 4 heteroatoms. The van der Waals surface area contributed by atoms with Gasteiger partial charge in [-0.05, 0) is 0 Å². The summed E-state index contributed by atoms with van der Waals surface area (Å²) in [5, 5.41) is 8.60. The van der Waals surface area contributed by atoms with Crippen molar-refractivity contribution in [3.05, 3.63) is 29.8 Å². The third-order valence-electron chi connectivity index (χ3n) is 1.63. The van der Waals surface area contributed by atoms with Gasteiger partial charge in [0, 0.05) is 0 Å². The molecule has 0 amide bonds. The van der Waals surface area contributed by atoms with Crippen molar-refractivity contribution in [2.75, 3.05) is 0 Å². The molecule has 0 aromatic heterocycles. The molecule has 0 aliphatic carbocycles. The van der Waals surface area contributed by atoms with Crippen LogP contribution in [0.25, 0.3) is 0 Å². The summed E-state index contributed by atoms with van der Waals surface area (Å²) in [4.78, 5) is 13.8. The van der Waals surface area contributed by atoms with Crippen LogP contribution in [0.1, 0.15) is 31.1 Å². The summed E-state index contributed by atoms with van der Waals surface area (Å²) < 4.78 is 6.13. The van der Waals surface area contributed by atoms with Gasteiger partial charge in [0.25, 0.3) is 0 Å². The van der Waals surface area contributed by atoms with Gasteiger partial charge in [0.1, 0.15) is 0 Å². The molecule has 0 spiro atoms. The Kier molecular flexibility index (Phi) is 4.11. The van der Waals surface area contributed by atoms with E-state index in [4.69, 9.17) is 10.00 Å². The summed E-state index contributed by atoms with van der Waals surface area (Å²) in [6.45, 7) is 5.48. The Morgan fingerprint density at radius 3 is 2.69 bits per heavy atom. The standard InChI is InChI=1S/C12H13NO2Se/c1-12(2,3)15-11(14)9-5-4-6-10(7-9)16-8-13/h4-7H,1-3H3. The third-order valence-corrected chi connectivity index (χ3v) is 2.85. The fourth-order valence-corrected chi connectivity index (χ4v) is 2.00. The van der Waals surface area contributed by atoms with Gasteiger partial charge in [0.05, 0.1) is 0 Å². The van der Waals surface area contributed by atoms with Gasteiger partial charge in [-0.2, -0.15) is 0 Å². The fraction of sp³-hybridized carbons (Fsp3) is 0.333. The summed E-state index contributed by atoms with van der Waals surface area (Å²) in [6.07, 6.45) is 0. The Morgan fingerprint density at radius 1 is 1.44 bits per heavy atom. The van der Waals surface area contributed by atoms with Crippen LogP contribution in [0.5, 0.6) is 0 Å². The Hall–Kier alpha value is -1.30. The molecular formula is C12H13NO2Se. The number of benzene rings is 1. The van der Waals surface area contributed by atoms with Gasteiger partial charge in [0.15, 0.2) is 0 Å². The molecule has 16 heavy (non-hydrogen) atoms. The summed E-state index contributed by atoms with van der Waals surface area (Å²) in [7, 11) is 0. The van der Waals surface area contributed by atoms with Crippen molar-refractivity contribution in [3.63, 3.8) is 0 Å². The van der Waals surface area contributed by atoms with Crippen LogP contribution in [0.15, 0.2) is 24.3 Å². The van der Waals surface area contributed by atoms with Crippen LogP contribution in [0, 0.1) is 10.2 Å². The molecular weight excluding hydrogens is 269 g/mol. The van der Waals surface area contributed by atoms with Gasteiger partial charge in [-0.15, -0.1) is 0 Å². The van der Waals surface area contributed by atoms with Crippen molar-refractivity contribution in [1.29, 1.82) is 5.26 Å². The predicted octanol–water partition coefficient (Wildman–Crippen LogP) is 1.45. The minimum absolute atomic E-state index is 0.238. The van der Waals surface area contributed by atoms with Crippen molar-refractivity contribution in [2.24, 2.45) is 0 Å². The second-order valence-electron chi connectivity index (χ2n) is 4.22. The zero-order valence-corrected chi connectivity index (χ0v) is 11.2. The van der Waals surface area contributed by atoms with E-state index >= 15 is 0 Å². The molecule has 0 saturated carbocycles. The number of nitriles is 1. The molecule has 0 radical (unpaired) electrons. The number of carbonyl (C=O) groups excluding carboxylic acids is 1. The second kappa shape index (κ2) is 5.16. The van der Waals surface area contributed by atoms with Gasteiger partial charge >= 0.3 is 101 Å². The van der Waals surface area contributed by atoms with E-state index in [1.165, 1.54) is 0 Å². The average Bonchev–Trinajstić information content (AvgIpc) is 2.16. The van der Waals surface area contributed by atoms with E-state index in [1.54, 1.807) is 18.2 Å². The summed E-state index contributed by atoms with van der Waals surface area (Å²) in [6, 6.07) is 7.03.